The Morgan fingerprint density at radius 1 is 1.14 bits per heavy atom. The summed E-state index contributed by atoms with van der Waals surface area (Å²) in [4.78, 5) is 5.27. The number of allylic oxidation sites excluding steroid dienone is 2. The molecule has 1 saturated carbocycles. The molecule has 1 unspecified atom stereocenters. The highest BCUT2D eigenvalue weighted by Crippen LogP contribution is 2.34. The van der Waals surface area contributed by atoms with Gasteiger partial charge in [-0.2, -0.15) is 5.10 Å². The first-order chi connectivity index (χ1) is 17.5. The number of anilines is 1. The summed E-state index contributed by atoms with van der Waals surface area (Å²) in [5.41, 5.74) is 4.65. The maximum atomic E-state index is 4.95. The monoisotopic (exact) mass is 491 g/mol. The Balaban J connectivity index is 1.35. The smallest absolute Gasteiger partial charge is 0.0792 e. The predicted octanol–water partition coefficient (Wildman–Crippen LogP) is 6.62. The average molecular weight is 492 g/mol. The fraction of sp³-hybridized carbons (Fsp3) is 0.645. The number of benzene rings is 1. The zero-order valence-corrected chi connectivity index (χ0v) is 23.1. The van der Waals surface area contributed by atoms with Gasteiger partial charge in [-0.25, -0.2) is 0 Å². The second kappa shape index (κ2) is 12.8. The maximum absolute atomic E-state index is 4.95. The van der Waals surface area contributed by atoms with Crippen LogP contribution in [0.25, 0.3) is 10.9 Å². The second-order valence-corrected chi connectivity index (χ2v) is 11.2. The van der Waals surface area contributed by atoms with Crippen LogP contribution in [0.3, 0.4) is 0 Å². The molecule has 1 aliphatic heterocycles. The Kier molecular flexibility index (Phi) is 9.53. The molecule has 198 valence electrons. The van der Waals surface area contributed by atoms with E-state index in [1.165, 1.54) is 68.0 Å². The molecule has 0 amide bonds. The number of nitrogens with zero attached hydrogens (tertiary/aromatic N) is 4. The van der Waals surface area contributed by atoms with Crippen LogP contribution in [0, 0.1) is 5.92 Å². The number of aromatic nitrogens is 2. The Hall–Kier alpha value is -2.27. The fourth-order valence-corrected chi connectivity index (χ4v) is 6.44. The standard InChI is InChI=1S/C31H49N5/c1-6-7-16-28(25(3)32-4)31-29-18-17-27(23-30(29)34(5)33-31)36-21-19-35(20-22-36)24(2)12-11-15-26-13-9-8-10-14-26/h6,17-18,23-24,26,28,32H,1,3,7-16,19-22H2,2,4-5H3/t24-,28?/m0/s1. The van der Waals surface area contributed by atoms with Gasteiger partial charge in [0.05, 0.1) is 11.2 Å². The lowest BCUT2D eigenvalue weighted by atomic mass is 9.85. The lowest BCUT2D eigenvalue weighted by molar-refractivity contribution is 0.182. The molecule has 1 N–H and O–H groups in total. The quantitative estimate of drug-likeness (QED) is 0.339. The van der Waals surface area contributed by atoms with Crippen LogP contribution in [-0.2, 0) is 7.05 Å². The Morgan fingerprint density at radius 3 is 2.58 bits per heavy atom. The van der Waals surface area contributed by atoms with Crippen molar-refractivity contribution in [3.05, 3.63) is 48.8 Å². The van der Waals surface area contributed by atoms with E-state index < -0.39 is 0 Å². The number of aryl methyl sites for hydroxylation is 1. The number of fused-ring (bicyclic) bond motifs is 1. The molecule has 5 nitrogen and oxygen atoms in total. The van der Waals surface area contributed by atoms with Gasteiger partial charge in [0.1, 0.15) is 0 Å². The third-order valence-corrected chi connectivity index (χ3v) is 8.86. The number of hydrogen-bond acceptors (Lipinski definition) is 4. The summed E-state index contributed by atoms with van der Waals surface area (Å²) in [6, 6.07) is 7.60. The van der Waals surface area contributed by atoms with Crippen LogP contribution >= 0.6 is 0 Å². The van der Waals surface area contributed by atoms with Crippen LogP contribution in [0.5, 0.6) is 0 Å². The molecule has 2 fully saturated rings. The topological polar surface area (TPSA) is 36.3 Å². The van der Waals surface area contributed by atoms with Gasteiger partial charge in [0, 0.05) is 69.0 Å². The van der Waals surface area contributed by atoms with Crippen molar-refractivity contribution in [1.82, 2.24) is 20.0 Å². The van der Waals surface area contributed by atoms with E-state index in [-0.39, 0.29) is 5.92 Å². The summed E-state index contributed by atoms with van der Waals surface area (Å²) in [7, 11) is 4.01. The van der Waals surface area contributed by atoms with Crippen molar-refractivity contribution < 1.29 is 0 Å². The van der Waals surface area contributed by atoms with Crippen LogP contribution in [0.2, 0.25) is 0 Å². The third-order valence-electron chi connectivity index (χ3n) is 8.86. The molecule has 2 atom stereocenters. The van der Waals surface area contributed by atoms with Crippen molar-refractivity contribution in [3.63, 3.8) is 0 Å². The zero-order valence-electron chi connectivity index (χ0n) is 23.1. The van der Waals surface area contributed by atoms with Crippen LogP contribution in [-0.4, -0.2) is 53.9 Å². The van der Waals surface area contributed by atoms with E-state index in [4.69, 9.17) is 5.10 Å². The Labute approximate surface area is 219 Å². The first-order valence-corrected chi connectivity index (χ1v) is 14.4. The minimum Gasteiger partial charge on any atom is -0.391 e. The predicted molar refractivity (Wildman–Crippen MR) is 155 cm³/mol. The van der Waals surface area contributed by atoms with Gasteiger partial charge >= 0.3 is 0 Å². The van der Waals surface area contributed by atoms with Crippen molar-refractivity contribution in [1.29, 1.82) is 0 Å². The maximum Gasteiger partial charge on any atom is 0.0792 e. The summed E-state index contributed by atoms with van der Waals surface area (Å²) in [6.07, 6.45) is 15.5. The Morgan fingerprint density at radius 2 is 1.89 bits per heavy atom. The summed E-state index contributed by atoms with van der Waals surface area (Å²) in [6.45, 7) is 15.1. The summed E-state index contributed by atoms with van der Waals surface area (Å²) in [5.74, 6) is 1.20. The van der Waals surface area contributed by atoms with Gasteiger partial charge in [0.2, 0.25) is 0 Å². The lowest BCUT2D eigenvalue weighted by Gasteiger charge is -2.39. The molecule has 0 radical (unpaired) electrons. The zero-order chi connectivity index (χ0) is 25.5. The third kappa shape index (κ3) is 6.34. The molecule has 2 aromatic rings. The molecule has 2 aliphatic rings. The minimum atomic E-state index is 0.186. The van der Waals surface area contributed by atoms with Crippen LogP contribution in [0.15, 0.2) is 43.1 Å². The normalized spacial score (nSPS) is 19.4. The van der Waals surface area contributed by atoms with Gasteiger partial charge in [-0.15, -0.1) is 6.58 Å². The van der Waals surface area contributed by atoms with E-state index in [9.17, 15) is 0 Å². The molecular formula is C31H49N5. The van der Waals surface area contributed by atoms with Gasteiger partial charge in [-0.05, 0) is 50.3 Å². The van der Waals surface area contributed by atoms with Gasteiger partial charge in [0.25, 0.3) is 0 Å². The lowest BCUT2D eigenvalue weighted by Crippen LogP contribution is -2.49. The van der Waals surface area contributed by atoms with E-state index in [1.807, 2.05) is 17.8 Å². The van der Waals surface area contributed by atoms with E-state index in [1.54, 1.807) is 0 Å². The first-order valence-electron chi connectivity index (χ1n) is 14.4. The van der Waals surface area contributed by atoms with Gasteiger partial charge in [-0.3, -0.25) is 9.58 Å². The number of likely N-dealkylation sites (N-methyl/N-ethyl adjacent to an activating group) is 1. The summed E-state index contributed by atoms with van der Waals surface area (Å²) < 4.78 is 2.04. The van der Waals surface area contributed by atoms with Crippen molar-refractivity contribution in [2.45, 2.75) is 83.1 Å². The fourth-order valence-electron chi connectivity index (χ4n) is 6.44. The van der Waals surface area contributed by atoms with Crippen LogP contribution in [0.4, 0.5) is 5.69 Å². The number of piperazine rings is 1. The highest BCUT2D eigenvalue weighted by Gasteiger charge is 2.24. The van der Waals surface area contributed by atoms with Gasteiger partial charge in [-0.1, -0.05) is 57.6 Å². The number of hydrogen-bond donors (Lipinski definition) is 1. The summed E-state index contributed by atoms with van der Waals surface area (Å²) >= 11 is 0. The van der Waals surface area contributed by atoms with Crippen molar-refractivity contribution >= 4 is 16.6 Å². The molecular weight excluding hydrogens is 442 g/mol. The largest absolute Gasteiger partial charge is 0.391 e. The van der Waals surface area contributed by atoms with E-state index in [0.29, 0.717) is 6.04 Å². The number of rotatable bonds is 12. The molecule has 4 rings (SSSR count). The summed E-state index contributed by atoms with van der Waals surface area (Å²) in [5, 5.41) is 9.44. The molecule has 1 saturated heterocycles. The Bertz CT molecular complexity index is 994. The molecule has 1 aromatic carbocycles. The van der Waals surface area contributed by atoms with Gasteiger partial charge in [0.15, 0.2) is 0 Å². The molecule has 1 aromatic heterocycles. The van der Waals surface area contributed by atoms with Crippen LogP contribution < -0.4 is 10.2 Å². The molecule has 36 heavy (non-hydrogen) atoms. The molecule has 0 bridgehead atoms. The van der Waals surface area contributed by atoms with Gasteiger partial charge < -0.3 is 10.2 Å². The second-order valence-electron chi connectivity index (χ2n) is 11.2. The highest BCUT2D eigenvalue weighted by atomic mass is 15.3. The SMILES string of the molecule is C=CCCC(C(=C)NC)c1nn(C)c2cc(N3CCN([C@@H](C)CCCC4CCCCC4)CC3)ccc12. The molecule has 5 heteroatoms. The van der Waals surface area contributed by atoms with Crippen molar-refractivity contribution in [3.8, 4) is 0 Å². The van der Waals surface area contributed by atoms with E-state index >= 15 is 0 Å². The first kappa shape index (κ1) is 26.8. The number of nitrogens with one attached hydrogen (secondary N) is 1. The van der Waals surface area contributed by atoms with Crippen molar-refractivity contribution in [2.75, 3.05) is 38.1 Å². The molecule has 2 heterocycles. The molecule has 1 aliphatic carbocycles. The van der Waals surface area contributed by atoms with Crippen LogP contribution in [0.1, 0.15) is 82.7 Å². The van der Waals surface area contributed by atoms with Crippen molar-refractivity contribution in [2.24, 2.45) is 13.0 Å². The molecule has 0 spiro atoms. The average Bonchev–Trinajstić information content (AvgIpc) is 3.24. The van der Waals surface area contributed by atoms with E-state index in [2.05, 4.69) is 60.4 Å². The highest BCUT2D eigenvalue weighted by molar-refractivity contribution is 5.86. The minimum absolute atomic E-state index is 0.186. The van der Waals surface area contributed by atoms with E-state index in [0.717, 1.165) is 56.3 Å².